The number of pyridine rings is 1. The molecule has 0 aliphatic heterocycles. The van der Waals surface area contributed by atoms with E-state index >= 15 is 0 Å². The van der Waals surface area contributed by atoms with Gasteiger partial charge in [0, 0.05) is 13.7 Å². The highest BCUT2D eigenvalue weighted by molar-refractivity contribution is 5.98. The lowest BCUT2D eigenvalue weighted by atomic mass is 10.2. The standard InChI is InChI=1S/C10H14FN3O2/c1-6(16-2)4-14-10(15)8-3-7(11)5-13-9(8)12/h3,5-6H,4H2,1-2H3,(H2,12,13)(H,14,15). The van der Waals surface area contributed by atoms with E-state index in [4.69, 9.17) is 10.5 Å². The van der Waals surface area contributed by atoms with Crippen molar-refractivity contribution in [2.45, 2.75) is 13.0 Å². The van der Waals surface area contributed by atoms with Gasteiger partial charge in [0.25, 0.3) is 5.91 Å². The average molecular weight is 227 g/mol. The number of amides is 1. The van der Waals surface area contributed by atoms with Crippen LogP contribution >= 0.6 is 0 Å². The zero-order valence-electron chi connectivity index (χ0n) is 9.16. The third-order valence-corrected chi connectivity index (χ3v) is 2.08. The molecule has 0 bridgehead atoms. The van der Waals surface area contributed by atoms with Crippen LogP contribution in [0.2, 0.25) is 0 Å². The highest BCUT2D eigenvalue weighted by Gasteiger charge is 2.12. The van der Waals surface area contributed by atoms with Crippen molar-refractivity contribution in [2.75, 3.05) is 19.4 Å². The lowest BCUT2D eigenvalue weighted by Gasteiger charge is -2.11. The van der Waals surface area contributed by atoms with Gasteiger partial charge in [-0.25, -0.2) is 9.37 Å². The van der Waals surface area contributed by atoms with Crippen LogP contribution in [0.1, 0.15) is 17.3 Å². The van der Waals surface area contributed by atoms with Gasteiger partial charge >= 0.3 is 0 Å². The van der Waals surface area contributed by atoms with Crippen molar-refractivity contribution in [3.63, 3.8) is 0 Å². The van der Waals surface area contributed by atoms with Gasteiger partial charge in [-0.1, -0.05) is 0 Å². The van der Waals surface area contributed by atoms with Crippen LogP contribution in [0, 0.1) is 5.82 Å². The molecule has 1 aromatic rings. The molecule has 1 rings (SSSR count). The number of ether oxygens (including phenoxy) is 1. The summed E-state index contributed by atoms with van der Waals surface area (Å²) in [5.41, 5.74) is 5.49. The van der Waals surface area contributed by atoms with E-state index in [0.29, 0.717) is 6.54 Å². The van der Waals surface area contributed by atoms with Gasteiger partial charge in [0.05, 0.1) is 17.9 Å². The topological polar surface area (TPSA) is 77.2 Å². The summed E-state index contributed by atoms with van der Waals surface area (Å²) < 4.78 is 17.8. The summed E-state index contributed by atoms with van der Waals surface area (Å²) in [4.78, 5) is 15.1. The Labute approximate surface area is 92.8 Å². The molecule has 0 fully saturated rings. The summed E-state index contributed by atoms with van der Waals surface area (Å²) in [5, 5.41) is 2.57. The normalized spacial score (nSPS) is 12.2. The molecular formula is C10H14FN3O2. The number of rotatable bonds is 4. The molecule has 6 heteroatoms. The van der Waals surface area contributed by atoms with Gasteiger partial charge in [-0.3, -0.25) is 4.79 Å². The Bertz CT molecular complexity index is 384. The van der Waals surface area contributed by atoms with Crippen molar-refractivity contribution in [3.05, 3.63) is 23.6 Å². The highest BCUT2D eigenvalue weighted by atomic mass is 19.1. The number of aromatic nitrogens is 1. The van der Waals surface area contributed by atoms with Crippen LogP contribution in [0.3, 0.4) is 0 Å². The van der Waals surface area contributed by atoms with E-state index in [-0.39, 0.29) is 17.5 Å². The first-order valence-corrected chi connectivity index (χ1v) is 4.76. The van der Waals surface area contributed by atoms with Crippen molar-refractivity contribution >= 4 is 11.7 Å². The Morgan fingerprint density at radius 3 is 3.06 bits per heavy atom. The molecule has 3 N–H and O–H groups in total. The molecule has 5 nitrogen and oxygen atoms in total. The maximum atomic E-state index is 12.8. The van der Waals surface area contributed by atoms with Crippen molar-refractivity contribution in [1.29, 1.82) is 0 Å². The number of nitrogen functional groups attached to an aromatic ring is 1. The predicted molar refractivity (Wildman–Crippen MR) is 57.4 cm³/mol. The number of hydrogen-bond donors (Lipinski definition) is 2. The Balaban J connectivity index is 2.69. The summed E-state index contributed by atoms with van der Waals surface area (Å²) in [5.74, 6) is -1.06. The zero-order chi connectivity index (χ0) is 12.1. The Hall–Kier alpha value is -1.69. The van der Waals surface area contributed by atoms with Crippen molar-refractivity contribution in [1.82, 2.24) is 10.3 Å². The number of halogens is 1. The SMILES string of the molecule is COC(C)CNC(=O)c1cc(F)cnc1N. The van der Waals surface area contributed by atoms with Gasteiger partial charge in [0.15, 0.2) is 0 Å². The number of nitrogens with zero attached hydrogens (tertiary/aromatic N) is 1. The van der Waals surface area contributed by atoms with Gasteiger partial charge in [0.1, 0.15) is 11.6 Å². The molecule has 0 spiro atoms. The molecule has 0 aromatic carbocycles. The van der Waals surface area contributed by atoms with Crippen LogP contribution < -0.4 is 11.1 Å². The fraction of sp³-hybridized carbons (Fsp3) is 0.400. The minimum atomic E-state index is -0.598. The summed E-state index contributed by atoms with van der Waals surface area (Å²) in [6, 6.07) is 1.05. The zero-order valence-corrected chi connectivity index (χ0v) is 9.16. The number of hydrogen-bond acceptors (Lipinski definition) is 4. The summed E-state index contributed by atoms with van der Waals surface area (Å²) in [6.45, 7) is 2.12. The van der Waals surface area contributed by atoms with Gasteiger partial charge in [-0.05, 0) is 13.0 Å². The Kier molecular flexibility index (Phi) is 4.19. The van der Waals surface area contributed by atoms with E-state index < -0.39 is 11.7 Å². The molecule has 1 unspecified atom stereocenters. The van der Waals surface area contributed by atoms with Crippen LogP contribution in [0.4, 0.5) is 10.2 Å². The molecular weight excluding hydrogens is 213 g/mol. The molecule has 0 radical (unpaired) electrons. The predicted octanol–water partition coefficient (Wildman–Crippen LogP) is 0.568. The van der Waals surface area contributed by atoms with Crippen molar-refractivity contribution in [2.24, 2.45) is 0 Å². The Morgan fingerprint density at radius 1 is 1.75 bits per heavy atom. The summed E-state index contributed by atoms with van der Waals surface area (Å²) in [7, 11) is 1.54. The minimum Gasteiger partial charge on any atom is -0.383 e. The molecule has 88 valence electrons. The van der Waals surface area contributed by atoms with E-state index in [9.17, 15) is 9.18 Å². The third kappa shape index (κ3) is 3.16. The second-order valence-corrected chi connectivity index (χ2v) is 3.34. The number of anilines is 1. The van der Waals surface area contributed by atoms with Gasteiger partial charge in [0.2, 0.25) is 0 Å². The minimum absolute atomic E-state index is 0.00368. The Morgan fingerprint density at radius 2 is 2.44 bits per heavy atom. The molecule has 0 aliphatic carbocycles. The maximum absolute atomic E-state index is 12.8. The molecule has 1 atom stereocenters. The van der Waals surface area contributed by atoms with Crippen LogP contribution in [0.5, 0.6) is 0 Å². The molecule has 1 heterocycles. The van der Waals surface area contributed by atoms with Crippen LogP contribution in [-0.2, 0) is 4.74 Å². The van der Waals surface area contributed by atoms with E-state index in [1.165, 1.54) is 7.11 Å². The van der Waals surface area contributed by atoms with Crippen molar-refractivity contribution < 1.29 is 13.9 Å². The quantitative estimate of drug-likeness (QED) is 0.788. The molecule has 1 aromatic heterocycles. The molecule has 0 saturated carbocycles. The maximum Gasteiger partial charge on any atom is 0.255 e. The van der Waals surface area contributed by atoms with Crippen LogP contribution in [0.25, 0.3) is 0 Å². The van der Waals surface area contributed by atoms with Crippen LogP contribution in [-0.4, -0.2) is 30.6 Å². The largest absolute Gasteiger partial charge is 0.383 e. The number of nitrogens with one attached hydrogen (secondary N) is 1. The number of carbonyl (C=O) groups excluding carboxylic acids is 1. The monoisotopic (exact) mass is 227 g/mol. The van der Waals surface area contributed by atoms with Gasteiger partial charge < -0.3 is 15.8 Å². The highest BCUT2D eigenvalue weighted by Crippen LogP contribution is 2.09. The fourth-order valence-corrected chi connectivity index (χ4v) is 1.05. The van der Waals surface area contributed by atoms with E-state index in [0.717, 1.165) is 12.3 Å². The summed E-state index contributed by atoms with van der Waals surface area (Å²) >= 11 is 0. The second-order valence-electron chi connectivity index (χ2n) is 3.34. The third-order valence-electron chi connectivity index (χ3n) is 2.08. The fourth-order valence-electron chi connectivity index (χ4n) is 1.05. The lowest BCUT2D eigenvalue weighted by molar-refractivity contribution is 0.0870. The number of nitrogens with two attached hydrogens (primary N) is 1. The first-order chi connectivity index (χ1) is 7.54. The molecule has 0 aliphatic rings. The van der Waals surface area contributed by atoms with Gasteiger partial charge in [-0.2, -0.15) is 0 Å². The smallest absolute Gasteiger partial charge is 0.255 e. The van der Waals surface area contributed by atoms with Gasteiger partial charge in [-0.15, -0.1) is 0 Å². The van der Waals surface area contributed by atoms with Crippen molar-refractivity contribution in [3.8, 4) is 0 Å². The van der Waals surface area contributed by atoms with E-state index in [2.05, 4.69) is 10.3 Å². The number of carbonyl (C=O) groups is 1. The summed E-state index contributed by atoms with van der Waals surface area (Å²) in [6.07, 6.45) is 0.843. The van der Waals surface area contributed by atoms with E-state index in [1.54, 1.807) is 6.92 Å². The molecule has 0 saturated heterocycles. The average Bonchev–Trinajstić information content (AvgIpc) is 2.28. The first kappa shape index (κ1) is 12.4. The van der Waals surface area contributed by atoms with E-state index in [1.807, 2.05) is 0 Å². The molecule has 16 heavy (non-hydrogen) atoms. The second kappa shape index (κ2) is 5.41. The number of methoxy groups -OCH3 is 1. The lowest BCUT2D eigenvalue weighted by Crippen LogP contribution is -2.32. The first-order valence-electron chi connectivity index (χ1n) is 4.76. The molecule has 1 amide bonds. The van der Waals surface area contributed by atoms with Crippen LogP contribution in [0.15, 0.2) is 12.3 Å².